The predicted octanol–water partition coefficient (Wildman–Crippen LogP) is 3.11. The van der Waals surface area contributed by atoms with Gasteiger partial charge in [-0.05, 0) is 30.6 Å². The summed E-state index contributed by atoms with van der Waals surface area (Å²) < 4.78 is 5.55. The number of ether oxygens (including phenoxy) is 1. The van der Waals surface area contributed by atoms with Gasteiger partial charge in [0, 0.05) is 18.3 Å². The van der Waals surface area contributed by atoms with E-state index in [1.165, 1.54) is 0 Å². The highest BCUT2D eigenvalue weighted by atomic mass is 16.6. The first-order valence-corrected chi connectivity index (χ1v) is 7.44. The molecule has 0 aromatic rings. The van der Waals surface area contributed by atoms with Crippen LogP contribution in [0.5, 0.6) is 0 Å². The van der Waals surface area contributed by atoms with Crippen molar-refractivity contribution < 1.29 is 14.3 Å². The maximum atomic E-state index is 12.7. The van der Waals surface area contributed by atoms with Gasteiger partial charge < -0.3 is 4.74 Å². The van der Waals surface area contributed by atoms with Crippen molar-refractivity contribution in [2.45, 2.75) is 65.4 Å². The first-order chi connectivity index (χ1) is 8.69. The Morgan fingerprint density at radius 2 is 1.79 bits per heavy atom. The Bertz CT molecular complexity index is 453. The standard InChI is InChI=1S/C16H24O3/c1-14(2)6-5-7-15(3)11-8-12(18)19-16(11,4)9-10(17)13(14)15/h11,13H,5-9H2,1-4H3/t11-,13+,15-,16-/m1/s1. The molecule has 0 amide bonds. The molecule has 3 nitrogen and oxygen atoms in total. The van der Waals surface area contributed by atoms with Gasteiger partial charge in [-0.3, -0.25) is 9.59 Å². The van der Waals surface area contributed by atoms with Gasteiger partial charge in [-0.15, -0.1) is 0 Å². The summed E-state index contributed by atoms with van der Waals surface area (Å²) in [5, 5.41) is 0. The Morgan fingerprint density at radius 1 is 1.11 bits per heavy atom. The van der Waals surface area contributed by atoms with Crippen LogP contribution < -0.4 is 0 Å². The average molecular weight is 264 g/mol. The van der Waals surface area contributed by atoms with E-state index in [4.69, 9.17) is 4.74 Å². The van der Waals surface area contributed by atoms with Crippen molar-refractivity contribution in [3.05, 3.63) is 0 Å². The van der Waals surface area contributed by atoms with Crippen molar-refractivity contribution in [1.29, 1.82) is 0 Å². The lowest BCUT2D eigenvalue weighted by molar-refractivity contribution is -0.174. The first-order valence-electron chi connectivity index (χ1n) is 7.44. The summed E-state index contributed by atoms with van der Waals surface area (Å²) in [6, 6.07) is 0. The number of hydrogen-bond donors (Lipinski definition) is 0. The molecule has 1 heterocycles. The molecule has 2 saturated carbocycles. The minimum absolute atomic E-state index is 0.0526. The number of carbonyl (C=O) groups is 2. The van der Waals surface area contributed by atoms with E-state index in [0.29, 0.717) is 18.6 Å². The number of carbonyl (C=O) groups excluding carboxylic acids is 2. The molecule has 2 aliphatic carbocycles. The smallest absolute Gasteiger partial charge is 0.306 e. The van der Waals surface area contributed by atoms with Gasteiger partial charge in [0.1, 0.15) is 11.4 Å². The molecule has 3 rings (SSSR count). The van der Waals surface area contributed by atoms with Gasteiger partial charge in [-0.2, -0.15) is 0 Å². The number of rotatable bonds is 0. The lowest BCUT2D eigenvalue weighted by Crippen LogP contribution is -2.60. The number of Topliss-reactive ketones (excluding diaryl/α,β-unsaturated/α-hetero) is 1. The predicted molar refractivity (Wildman–Crippen MR) is 71.5 cm³/mol. The first kappa shape index (κ1) is 13.1. The van der Waals surface area contributed by atoms with Gasteiger partial charge >= 0.3 is 5.97 Å². The molecule has 0 aromatic heterocycles. The maximum Gasteiger partial charge on any atom is 0.306 e. The van der Waals surface area contributed by atoms with Gasteiger partial charge in [0.15, 0.2) is 0 Å². The minimum atomic E-state index is -0.549. The summed E-state index contributed by atoms with van der Waals surface area (Å²) in [5.74, 6) is 0.474. The molecule has 3 aliphatic rings. The number of esters is 1. The van der Waals surface area contributed by atoms with Gasteiger partial charge in [0.2, 0.25) is 0 Å². The summed E-state index contributed by atoms with van der Waals surface area (Å²) in [5.41, 5.74) is -0.568. The van der Waals surface area contributed by atoms with Crippen LogP contribution in [0.4, 0.5) is 0 Å². The van der Waals surface area contributed by atoms with Crippen LogP contribution >= 0.6 is 0 Å². The van der Waals surface area contributed by atoms with Crippen LogP contribution in [0, 0.1) is 22.7 Å². The fraction of sp³-hybridized carbons (Fsp3) is 0.875. The van der Waals surface area contributed by atoms with E-state index in [2.05, 4.69) is 20.8 Å². The highest BCUT2D eigenvalue weighted by Crippen LogP contribution is 2.63. The van der Waals surface area contributed by atoms with E-state index < -0.39 is 5.60 Å². The van der Waals surface area contributed by atoms with Gasteiger partial charge in [0.25, 0.3) is 0 Å². The van der Waals surface area contributed by atoms with E-state index in [9.17, 15) is 9.59 Å². The number of ketones is 1. The highest BCUT2D eigenvalue weighted by molar-refractivity contribution is 5.87. The summed E-state index contributed by atoms with van der Waals surface area (Å²) >= 11 is 0. The second-order valence-corrected chi connectivity index (χ2v) is 7.97. The van der Waals surface area contributed by atoms with Crippen LogP contribution in [0.2, 0.25) is 0 Å². The SMILES string of the molecule is CC1(C)CCC[C@]2(C)[C@H]3CC(=O)O[C@]3(C)CC(=O)[C@@H]12. The second kappa shape index (κ2) is 3.62. The molecule has 0 spiro atoms. The molecule has 3 heteroatoms. The van der Waals surface area contributed by atoms with Crippen molar-refractivity contribution >= 4 is 11.8 Å². The molecular formula is C16H24O3. The maximum absolute atomic E-state index is 12.7. The van der Waals surface area contributed by atoms with Crippen LogP contribution in [0.15, 0.2) is 0 Å². The van der Waals surface area contributed by atoms with Crippen LogP contribution in [0.25, 0.3) is 0 Å². The molecule has 106 valence electrons. The molecule has 0 unspecified atom stereocenters. The van der Waals surface area contributed by atoms with Crippen molar-refractivity contribution in [2.75, 3.05) is 0 Å². The third kappa shape index (κ3) is 1.63. The second-order valence-electron chi connectivity index (χ2n) is 7.97. The van der Waals surface area contributed by atoms with Crippen molar-refractivity contribution in [3.63, 3.8) is 0 Å². The quantitative estimate of drug-likeness (QED) is 0.631. The van der Waals surface area contributed by atoms with E-state index in [-0.39, 0.29) is 28.6 Å². The molecule has 3 fully saturated rings. The Morgan fingerprint density at radius 3 is 2.47 bits per heavy atom. The van der Waals surface area contributed by atoms with Gasteiger partial charge in [-0.25, -0.2) is 0 Å². The molecule has 19 heavy (non-hydrogen) atoms. The van der Waals surface area contributed by atoms with Crippen LogP contribution in [0.1, 0.15) is 59.8 Å². The molecule has 0 N–H and O–H groups in total. The third-order valence-corrected chi connectivity index (χ3v) is 6.08. The summed E-state index contributed by atoms with van der Waals surface area (Å²) in [4.78, 5) is 24.5. The molecule has 0 radical (unpaired) electrons. The summed E-state index contributed by atoms with van der Waals surface area (Å²) in [6.07, 6.45) is 4.20. The zero-order valence-electron chi connectivity index (χ0n) is 12.4. The third-order valence-electron chi connectivity index (χ3n) is 6.08. The fourth-order valence-corrected chi connectivity index (χ4v) is 5.58. The molecule has 1 aliphatic heterocycles. The van der Waals surface area contributed by atoms with Crippen LogP contribution in [-0.2, 0) is 14.3 Å². The van der Waals surface area contributed by atoms with Gasteiger partial charge in [-0.1, -0.05) is 27.2 Å². The zero-order chi connectivity index (χ0) is 14.1. The van der Waals surface area contributed by atoms with Gasteiger partial charge in [0.05, 0.1) is 6.42 Å². The normalized spacial score (nSPS) is 48.4. The molecule has 4 atom stereocenters. The van der Waals surface area contributed by atoms with E-state index >= 15 is 0 Å². The van der Waals surface area contributed by atoms with E-state index in [0.717, 1.165) is 19.3 Å². The van der Waals surface area contributed by atoms with E-state index in [1.807, 2.05) is 6.92 Å². The lowest BCUT2D eigenvalue weighted by atomic mass is 9.45. The van der Waals surface area contributed by atoms with E-state index in [1.54, 1.807) is 0 Å². The number of fused-ring (bicyclic) bond motifs is 3. The number of hydrogen-bond acceptors (Lipinski definition) is 3. The van der Waals surface area contributed by atoms with Crippen LogP contribution in [-0.4, -0.2) is 17.4 Å². The highest BCUT2D eigenvalue weighted by Gasteiger charge is 2.65. The summed E-state index contributed by atoms with van der Waals surface area (Å²) in [6.45, 7) is 8.62. The molecular weight excluding hydrogens is 240 g/mol. The van der Waals surface area contributed by atoms with Crippen molar-refractivity contribution in [1.82, 2.24) is 0 Å². The Kier molecular flexibility index (Phi) is 2.50. The van der Waals surface area contributed by atoms with Crippen molar-refractivity contribution in [3.8, 4) is 0 Å². The Labute approximate surface area is 115 Å². The Hall–Kier alpha value is -0.860. The average Bonchev–Trinajstić information content (AvgIpc) is 2.51. The molecule has 0 aromatic carbocycles. The zero-order valence-corrected chi connectivity index (χ0v) is 12.4. The molecule has 1 saturated heterocycles. The van der Waals surface area contributed by atoms with Crippen molar-refractivity contribution in [2.24, 2.45) is 22.7 Å². The fourth-order valence-electron chi connectivity index (χ4n) is 5.58. The Balaban J connectivity index is 2.08. The molecule has 0 bridgehead atoms. The largest absolute Gasteiger partial charge is 0.459 e. The minimum Gasteiger partial charge on any atom is -0.459 e. The monoisotopic (exact) mass is 264 g/mol. The van der Waals surface area contributed by atoms with Crippen LogP contribution in [0.3, 0.4) is 0 Å². The summed E-state index contributed by atoms with van der Waals surface area (Å²) in [7, 11) is 0. The lowest BCUT2D eigenvalue weighted by Gasteiger charge is -2.58. The topological polar surface area (TPSA) is 43.4 Å².